The van der Waals surface area contributed by atoms with Gasteiger partial charge in [0.2, 0.25) is 0 Å². The molecule has 0 aliphatic rings. The van der Waals surface area contributed by atoms with Gasteiger partial charge in [-0.1, -0.05) is 42.1 Å². The molecule has 8 heteroatoms. The van der Waals surface area contributed by atoms with E-state index in [1.165, 1.54) is 6.07 Å². The maximum absolute atomic E-state index is 11.7. The number of amidine groups is 1. The molecule has 2 N–H and O–H groups in total. The molecule has 6 nitrogen and oxygen atoms in total. The Morgan fingerprint density at radius 3 is 2.67 bits per heavy atom. The number of aliphatic imine (C=N–C) groups is 1. The van der Waals surface area contributed by atoms with Crippen molar-refractivity contribution in [1.82, 2.24) is 5.32 Å². The minimum Gasteiger partial charge on any atom is -0.282 e. The van der Waals surface area contributed by atoms with Crippen LogP contribution in [0.15, 0.2) is 46.3 Å². The predicted octanol–water partition coefficient (Wildman–Crippen LogP) is 2.51. The summed E-state index contributed by atoms with van der Waals surface area (Å²) in [4.78, 5) is 3.82. The first-order valence-corrected chi connectivity index (χ1v) is 8.41. The fourth-order valence-corrected chi connectivity index (χ4v) is 3.05. The molecule has 2 rings (SSSR count). The molecular formula is C13H11N3O3S2. The van der Waals surface area contributed by atoms with Crippen molar-refractivity contribution < 1.29 is 13.0 Å². The number of benzene rings is 2. The molecule has 2 aromatic rings. The Balaban J connectivity index is 2.79. The normalized spacial score (nSPS) is 12.1. The highest BCUT2D eigenvalue weighted by molar-refractivity contribution is 8.13. The van der Waals surface area contributed by atoms with Crippen LogP contribution in [0.25, 0.3) is 10.8 Å². The van der Waals surface area contributed by atoms with Gasteiger partial charge in [-0.15, -0.1) is 0 Å². The largest absolute Gasteiger partial charge is 0.297 e. The molecule has 0 bridgehead atoms. The van der Waals surface area contributed by atoms with Crippen molar-refractivity contribution in [2.24, 2.45) is 4.99 Å². The lowest BCUT2D eigenvalue weighted by molar-refractivity contribution is 0.484. The van der Waals surface area contributed by atoms with Gasteiger partial charge in [0, 0.05) is 5.39 Å². The van der Waals surface area contributed by atoms with E-state index in [0.717, 1.165) is 11.8 Å². The van der Waals surface area contributed by atoms with Crippen molar-refractivity contribution in [1.29, 1.82) is 5.26 Å². The van der Waals surface area contributed by atoms with E-state index in [4.69, 9.17) is 5.26 Å². The maximum Gasteiger partial charge on any atom is 0.297 e. The van der Waals surface area contributed by atoms with E-state index in [-0.39, 0.29) is 15.8 Å². The van der Waals surface area contributed by atoms with Crippen LogP contribution in [0.5, 0.6) is 0 Å². The molecule has 2 aromatic carbocycles. The van der Waals surface area contributed by atoms with Gasteiger partial charge in [-0.2, -0.15) is 13.7 Å². The summed E-state index contributed by atoms with van der Waals surface area (Å²) in [6.07, 6.45) is 3.41. The second-order valence-electron chi connectivity index (χ2n) is 3.97. The van der Waals surface area contributed by atoms with Gasteiger partial charge in [0.05, 0.1) is 5.69 Å². The average Bonchev–Trinajstić information content (AvgIpc) is 2.45. The summed E-state index contributed by atoms with van der Waals surface area (Å²) in [6.45, 7) is 0. The third-order valence-corrected chi connectivity index (χ3v) is 4.22. The van der Waals surface area contributed by atoms with E-state index < -0.39 is 10.1 Å². The fraction of sp³-hybridized carbons (Fsp3) is 0.0769. The number of hydrogen-bond donors (Lipinski definition) is 2. The van der Waals surface area contributed by atoms with Crippen LogP contribution in [0.4, 0.5) is 5.69 Å². The molecule has 0 unspecified atom stereocenters. The van der Waals surface area contributed by atoms with Gasteiger partial charge in [-0.05, 0) is 17.7 Å². The van der Waals surface area contributed by atoms with Crippen LogP contribution in [-0.4, -0.2) is 24.4 Å². The van der Waals surface area contributed by atoms with Crippen LogP contribution in [0.1, 0.15) is 0 Å². The first-order valence-electron chi connectivity index (χ1n) is 5.74. The molecule has 0 aliphatic heterocycles. The lowest BCUT2D eigenvalue weighted by Crippen LogP contribution is -2.13. The molecule has 0 spiro atoms. The highest BCUT2D eigenvalue weighted by atomic mass is 32.2. The summed E-state index contributed by atoms with van der Waals surface area (Å²) >= 11 is 1.15. The molecule has 0 atom stereocenters. The van der Waals surface area contributed by atoms with Gasteiger partial charge in [-0.3, -0.25) is 9.87 Å². The predicted molar refractivity (Wildman–Crippen MR) is 83.1 cm³/mol. The number of nitriles is 1. The number of rotatable bonds is 2. The third kappa shape index (κ3) is 3.33. The molecule has 21 heavy (non-hydrogen) atoms. The summed E-state index contributed by atoms with van der Waals surface area (Å²) in [5.41, 5.74) is 0.0725. The lowest BCUT2D eigenvalue weighted by atomic mass is 10.1. The molecule has 108 valence electrons. The standard InChI is InChI=1S/C13H11N3O3S2/c1-20-13(15-8-14)16-11-7-6-9-4-2-3-5-10(9)12(11)21(17,18)19/h2-7H,1H3,(H,15,16)(H,17,18,19). The van der Waals surface area contributed by atoms with Crippen LogP contribution in [0, 0.1) is 11.5 Å². The number of fused-ring (bicyclic) bond motifs is 1. The molecule has 0 fully saturated rings. The number of nitrogens with one attached hydrogen (secondary N) is 1. The van der Waals surface area contributed by atoms with Crippen LogP contribution in [-0.2, 0) is 10.1 Å². The van der Waals surface area contributed by atoms with Crippen molar-refractivity contribution in [3.05, 3.63) is 36.4 Å². The first-order chi connectivity index (χ1) is 9.97. The minimum atomic E-state index is -4.46. The summed E-state index contributed by atoms with van der Waals surface area (Å²) in [5.74, 6) is 0. The lowest BCUT2D eigenvalue weighted by Gasteiger charge is -2.08. The fourth-order valence-electron chi connectivity index (χ4n) is 1.87. The van der Waals surface area contributed by atoms with Crippen molar-refractivity contribution in [2.45, 2.75) is 4.90 Å². The van der Waals surface area contributed by atoms with E-state index in [2.05, 4.69) is 10.3 Å². The topological polar surface area (TPSA) is 103 Å². The summed E-state index contributed by atoms with van der Waals surface area (Å²) in [6, 6.07) is 9.96. The average molecular weight is 321 g/mol. The Bertz CT molecular complexity index is 855. The third-order valence-electron chi connectivity index (χ3n) is 2.69. The van der Waals surface area contributed by atoms with E-state index in [9.17, 15) is 13.0 Å². The van der Waals surface area contributed by atoms with E-state index in [1.807, 2.05) is 0 Å². The van der Waals surface area contributed by atoms with Gasteiger partial charge >= 0.3 is 0 Å². The molecule has 0 amide bonds. The van der Waals surface area contributed by atoms with E-state index in [0.29, 0.717) is 10.8 Å². The molecule has 0 aliphatic carbocycles. The van der Waals surface area contributed by atoms with Crippen molar-refractivity contribution >= 4 is 43.5 Å². The van der Waals surface area contributed by atoms with Crippen molar-refractivity contribution in [3.63, 3.8) is 0 Å². The minimum absolute atomic E-state index is 0.0725. The molecule has 0 aromatic heterocycles. The van der Waals surface area contributed by atoms with Crippen LogP contribution < -0.4 is 5.32 Å². The first kappa shape index (κ1) is 15.3. The van der Waals surface area contributed by atoms with Crippen molar-refractivity contribution in [3.8, 4) is 6.19 Å². The maximum atomic E-state index is 11.7. The monoisotopic (exact) mass is 321 g/mol. The number of nitrogens with zero attached hydrogens (tertiary/aromatic N) is 2. The zero-order valence-electron chi connectivity index (χ0n) is 10.9. The number of hydrogen-bond acceptors (Lipinski definition) is 5. The Morgan fingerprint density at radius 2 is 2.05 bits per heavy atom. The van der Waals surface area contributed by atoms with Gasteiger partial charge < -0.3 is 0 Å². The van der Waals surface area contributed by atoms with Gasteiger partial charge in [0.25, 0.3) is 10.1 Å². The zero-order chi connectivity index (χ0) is 15.5. The Morgan fingerprint density at radius 1 is 1.33 bits per heavy atom. The van der Waals surface area contributed by atoms with Crippen LogP contribution >= 0.6 is 11.8 Å². The summed E-state index contributed by atoms with van der Waals surface area (Å²) < 4.78 is 32.9. The van der Waals surface area contributed by atoms with E-state index >= 15 is 0 Å². The molecule has 0 saturated heterocycles. The molecule has 0 saturated carbocycles. The highest BCUT2D eigenvalue weighted by Gasteiger charge is 2.19. The Kier molecular flexibility index (Phi) is 4.47. The van der Waals surface area contributed by atoms with Gasteiger partial charge in [0.15, 0.2) is 11.4 Å². The SMILES string of the molecule is CSC(=Nc1ccc2ccccc2c1S(=O)(=O)O)NC#N. The second kappa shape index (κ2) is 6.13. The Hall–Kier alpha value is -2.08. The molecule has 0 heterocycles. The van der Waals surface area contributed by atoms with Gasteiger partial charge in [-0.25, -0.2) is 4.99 Å². The summed E-state index contributed by atoms with van der Waals surface area (Å²) in [5, 5.41) is 12.3. The second-order valence-corrected chi connectivity index (χ2v) is 6.12. The van der Waals surface area contributed by atoms with Crippen molar-refractivity contribution in [2.75, 3.05) is 6.26 Å². The van der Waals surface area contributed by atoms with E-state index in [1.54, 1.807) is 42.8 Å². The molecule has 0 radical (unpaired) electrons. The van der Waals surface area contributed by atoms with Crippen LogP contribution in [0.2, 0.25) is 0 Å². The van der Waals surface area contributed by atoms with Gasteiger partial charge in [0.1, 0.15) is 4.90 Å². The molecular weight excluding hydrogens is 310 g/mol. The quantitative estimate of drug-likeness (QED) is 0.290. The number of thioether (sulfide) groups is 1. The van der Waals surface area contributed by atoms with Crippen LogP contribution in [0.3, 0.4) is 0 Å². The smallest absolute Gasteiger partial charge is 0.282 e. The summed E-state index contributed by atoms with van der Waals surface area (Å²) in [7, 11) is -4.46. The zero-order valence-corrected chi connectivity index (χ0v) is 12.6. The Labute approximate surface area is 126 Å². The highest BCUT2D eigenvalue weighted by Crippen LogP contribution is 2.32.